The molecule has 0 saturated carbocycles. The van der Waals surface area contributed by atoms with Crippen molar-refractivity contribution in [1.29, 1.82) is 0 Å². The Morgan fingerprint density at radius 3 is 1.55 bits per heavy atom. The molecule has 0 amide bonds. The minimum absolute atomic E-state index is 0. The molecule has 4 aliphatic heterocycles. The quantitative estimate of drug-likeness (QED) is 0.156. The van der Waals surface area contributed by atoms with Crippen molar-refractivity contribution in [1.82, 2.24) is 29.9 Å². The number of hydrogen-bond acceptors (Lipinski definition) is 14. The van der Waals surface area contributed by atoms with E-state index in [0.717, 1.165) is 39.9 Å². The first-order chi connectivity index (χ1) is 29.8. The molecule has 12 rings (SSSR count). The van der Waals surface area contributed by atoms with Gasteiger partial charge in [0.05, 0.1) is 17.6 Å². The fourth-order valence-electron chi connectivity index (χ4n) is 5.93. The van der Waals surface area contributed by atoms with Gasteiger partial charge in [0.2, 0.25) is 17.6 Å². The van der Waals surface area contributed by atoms with E-state index in [1.54, 1.807) is 56.7 Å². The Labute approximate surface area is 429 Å². The summed E-state index contributed by atoms with van der Waals surface area (Å²) in [4.78, 5) is 33.6. The number of nitrogens with zero attached hydrogens (tertiary/aromatic N) is 10. The zero-order valence-corrected chi connectivity index (χ0v) is 43.2. The van der Waals surface area contributed by atoms with Crippen LogP contribution in [0, 0.1) is 50.3 Å². The molecule has 0 fully saturated rings. The third-order valence-corrected chi connectivity index (χ3v) is 9.57. The topological polar surface area (TPSA) is 118 Å². The van der Waals surface area contributed by atoms with Crippen molar-refractivity contribution in [2.75, 3.05) is 19.6 Å². The van der Waals surface area contributed by atoms with Crippen molar-refractivity contribution < 1.29 is 94.6 Å². The average Bonchev–Trinajstić information content (AvgIpc) is 4.16. The number of thioether (sulfide) groups is 1. The van der Waals surface area contributed by atoms with Gasteiger partial charge in [-0.25, -0.2) is 29.9 Å². The maximum atomic E-state index is 5.34. The number of benzene rings is 4. The maximum Gasteiger partial charge on any atom is 0.224 e. The van der Waals surface area contributed by atoms with Crippen LogP contribution in [0.2, 0.25) is 0 Å². The molecule has 0 aliphatic carbocycles. The van der Waals surface area contributed by atoms with Gasteiger partial charge in [0, 0.05) is 110 Å². The van der Waals surface area contributed by atoms with Gasteiger partial charge in [-0.2, -0.15) is 121 Å². The van der Waals surface area contributed by atoms with Gasteiger partial charge >= 0.3 is 0 Å². The fourth-order valence-corrected chi connectivity index (χ4v) is 6.77. The summed E-state index contributed by atoms with van der Waals surface area (Å²) in [5.41, 5.74) is 5.55. The molecule has 8 aromatic rings. The second-order valence-electron chi connectivity index (χ2n) is 12.4. The van der Waals surface area contributed by atoms with Crippen LogP contribution in [0.1, 0.15) is 0 Å². The van der Waals surface area contributed by atoms with E-state index in [9.17, 15) is 0 Å². The molecule has 0 N–H and O–H groups in total. The molecule has 0 unspecified atom stereocenters. The fraction of sp³-hybridized carbons (Fsp3) is 0. The van der Waals surface area contributed by atoms with Gasteiger partial charge in [0.15, 0.2) is 5.82 Å². The molecule has 8 heterocycles. The average molecular weight is 1570 g/mol. The first-order valence-electron chi connectivity index (χ1n) is 18.3. The molecule has 0 spiro atoms. The van der Waals surface area contributed by atoms with Crippen LogP contribution in [0.3, 0.4) is 0 Å². The van der Waals surface area contributed by atoms with Crippen LogP contribution in [0.15, 0.2) is 164 Å². The number of hydrogen-bond donors (Lipinski definition) is 0. The van der Waals surface area contributed by atoms with Gasteiger partial charge in [-0.1, -0.05) is 20.2 Å². The smallest absolute Gasteiger partial charge is 0.224 e. The van der Waals surface area contributed by atoms with Crippen molar-refractivity contribution in [3.8, 4) is 17.6 Å². The van der Waals surface area contributed by atoms with Crippen LogP contribution in [-0.2, 0) is 80.4 Å². The van der Waals surface area contributed by atoms with E-state index >= 15 is 0 Å². The minimum Gasteiger partial charge on any atom is -0.627 e. The molecule has 4 aromatic heterocycles. The Hall–Kier alpha value is -5.11. The SMILES string of the molecule is [Ir].[Ir].[Ir].[Ir].[c-]1ccccc1N1[CH-]Oc2ncccc21.[c-]1ccccc1N1[CH-]Oc2nccnc21.[c-]1ccccc1N1[CH-]Oc2ncncc21.[c-]1ccccc1N1[CH-]Sc2cccnc21. The Morgan fingerprint density at radius 1 is 0.438 bits per heavy atom. The third-order valence-electron chi connectivity index (χ3n) is 8.68. The summed E-state index contributed by atoms with van der Waals surface area (Å²) in [6, 6.07) is 51.4. The van der Waals surface area contributed by atoms with Gasteiger partial charge < -0.3 is 33.8 Å². The van der Waals surface area contributed by atoms with E-state index in [4.69, 9.17) is 14.2 Å². The predicted molar refractivity (Wildman–Crippen MR) is 227 cm³/mol. The summed E-state index contributed by atoms with van der Waals surface area (Å²) in [5.74, 6) is 5.47. The van der Waals surface area contributed by atoms with Crippen LogP contribution in [0.25, 0.3) is 0 Å². The maximum absolute atomic E-state index is 5.34. The number of ether oxygens (including phenoxy) is 3. The number of rotatable bonds is 4. The minimum atomic E-state index is 0. The predicted octanol–water partition coefficient (Wildman–Crippen LogP) is 9.62. The van der Waals surface area contributed by atoms with Crippen molar-refractivity contribution in [3.05, 3.63) is 209 Å². The van der Waals surface area contributed by atoms with Crippen LogP contribution >= 0.6 is 11.8 Å². The van der Waals surface area contributed by atoms with Crippen molar-refractivity contribution in [2.45, 2.75) is 4.90 Å². The zero-order valence-electron chi connectivity index (χ0n) is 32.8. The second-order valence-corrected chi connectivity index (χ2v) is 13.3. The van der Waals surface area contributed by atoms with Gasteiger partial charge in [-0.15, -0.1) is 28.8 Å². The van der Waals surface area contributed by atoms with E-state index in [1.165, 1.54) is 11.2 Å². The molecule has 64 heavy (non-hydrogen) atoms. The number of fused-ring (bicyclic) bond motifs is 4. The Bertz CT molecular complexity index is 2270. The third kappa shape index (κ3) is 11.8. The monoisotopic (exact) mass is 1570 g/mol. The molecule has 18 heteroatoms. The summed E-state index contributed by atoms with van der Waals surface area (Å²) in [6.45, 7) is 4.82. The summed E-state index contributed by atoms with van der Waals surface area (Å²) >= 11 is 1.69. The molecular weight excluding hydrogens is 1540 g/mol. The van der Waals surface area contributed by atoms with Gasteiger partial charge in [-0.05, 0) is 24.3 Å². The molecule has 13 nitrogen and oxygen atoms in total. The standard InChI is InChI=1S/C12H8N2O.C12H8N2S.2C11H7N3O.4Ir/c1-2-5-10(6-3-1)14-9-15-12-11(14)7-4-8-13-12;1-2-5-10(6-3-1)14-9-15-11-7-4-8-13-12(11)14;1-2-4-9(5-3-1)14-8-15-11-10(14)6-12-7-13-11;1-2-4-9(5-3-1)14-8-15-11-10(14)12-6-7-13-11;;;;/h2*1-5,7-9H;2*1-4,6-8H;;;;/q4*-2;;;;. The van der Waals surface area contributed by atoms with E-state index in [0.29, 0.717) is 23.5 Å². The molecule has 0 atom stereocenters. The Morgan fingerprint density at radius 2 is 0.922 bits per heavy atom. The van der Waals surface area contributed by atoms with Gasteiger partial charge in [0.1, 0.15) is 12.1 Å². The molecular formula is C46H30Ir4N10O3S-8. The first-order valence-corrected chi connectivity index (χ1v) is 19.2. The first kappa shape index (κ1) is 49.9. The van der Waals surface area contributed by atoms with E-state index in [1.807, 2.05) is 136 Å². The zero-order chi connectivity index (χ0) is 40.4. The van der Waals surface area contributed by atoms with Crippen LogP contribution < -0.4 is 33.8 Å². The van der Waals surface area contributed by atoms with Crippen LogP contribution in [0.5, 0.6) is 17.6 Å². The largest absolute Gasteiger partial charge is 0.627 e. The summed E-state index contributed by atoms with van der Waals surface area (Å²) in [5, 5.41) is 0. The molecule has 4 aromatic carbocycles. The molecule has 4 radical (unpaired) electrons. The molecule has 4 aliphatic rings. The molecule has 332 valence electrons. The second kappa shape index (κ2) is 24.8. The molecule has 0 bridgehead atoms. The van der Waals surface area contributed by atoms with Crippen LogP contribution in [0.4, 0.5) is 45.8 Å². The Balaban J connectivity index is 0.000000157. The number of para-hydroxylation sites is 4. The van der Waals surface area contributed by atoms with E-state index in [2.05, 4.69) is 71.0 Å². The van der Waals surface area contributed by atoms with Crippen molar-refractivity contribution >= 4 is 57.5 Å². The summed E-state index contributed by atoms with van der Waals surface area (Å²) < 4.78 is 15.9. The van der Waals surface area contributed by atoms with Crippen molar-refractivity contribution in [3.63, 3.8) is 0 Å². The Kier molecular flexibility index (Phi) is 19.3. The number of pyridine rings is 2. The van der Waals surface area contributed by atoms with E-state index in [-0.39, 0.29) is 80.4 Å². The van der Waals surface area contributed by atoms with Gasteiger partial charge in [0.25, 0.3) is 0 Å². The molecule has 0 saturated heterocycles. The van der Waals surface area contributed by atoms with Crippen LogP contribution in [-0.4, -0.2) is 29.9 Å². The van der Waals surface area contributed by atoms with Gasteiger partial charge in [-0.3, -0.25) is 11.8 Å². The summed E-state index contributed by atoms with van der Waals surface area (Å²) in [6.07, 6.45) is 9.94. The summed E-state index contributed by atoms with van der Waals surface area (Å²) in [7, 11) is 0. The number of anilines is 8. The number of aromatic nitrogens is 6. The normalized spacial score (nSPS) is 12.8. The van der Waals surface area contributed by atoms with E-state index < -0.39 is 0 Å². The van der Waals surface area contributed by atoms with Crippen molar-refractivity contribution in [2.24, 2.45) is 0 Å².